The second kappa shape index (κ2) is 8.97. The highest BCUT2D eigenvalue weighted by Crippen LogP contribution is 2.52. The van der Waals surface area contributed by atoms with Gasteiger partial charge in [-0.25, -0.2) is 0 Å². The standard InChI is InChI=1S/C27H33N3O7/c1-30(2)21-16-10-13-9-15-12(11-29-14-5-3-4-6-14)7-8-17(31)19(15)22(32)18(13)24(34)27(16,37)25(35)20(23(21)33)26(28)36/h7-8,13-14,16,21,29,31-32,35,37H,3-6,9-11H2,1-2H3,(H2,28,36)/t13-,16-,21?,27+/m1/s1. The molecule has 0 heterocycles. The molecule has 4 aliphatic rings. The Morgan fingerprint density at radius 3 is 2.46 bits per heavy atom. The van der Waals surface area contributed by atoms with Crippen LogP contribution in [0.2, 0.25) is 0 Å². The summed E-state index contributed by atoms with van der Waals surface area (Å²) in [6.45, 7) is 0.536. The summed E-state index contributed by atoms with van der Waals surface area (Å²) in [6.07, 6.45) is 4.92. The third kappa shape index (κ3) is 3.69. The summed E-state index contributed by atoms with van der Waals surface area (Å²) in [5.41, 5.74) is 3.50. The number of nitrogens with zero attached hydrogens (tertiary/aromatic N) is 1. The van der Waals surface area contributed by atoms with Gasteiger partial charge in [-0.1, -0.05) is 18.9 Å². The number of carbonyl (C=O) groups excluding carboxylic acids is 3. The van der Waals surface area contributed by atoms with Crippen LogP contribution in [0.5, 0.6) is 5.75 Å². The Labute approximate surface area is 214 Å². The Hall–Kier alpha value is -3.21. The fourth-order valence-electron chi connectivity index (χ4n) is 6.86. The van der Waals surface area contributed by atoms with Gasteiger partial charge in [-0.3, -0.25) is 19.3 Å². The number of benzene rings is 1. The van der Waals surface area contributed by atoms with E-state index in [9.17, 15) is 34.8 Å². The summed E-state index contributed by atoms with van der Waals surface area (Å²) in [7, 11) is 3.16. The Kier molecular flexibility index (Phi) is 6.17. The molecule has 1 unspecified atom stereocenters. The number of hydrogen-bond donors (Lipinski definition) is 6. The molecule has 0 aromatic heterocycles. The minimum absolute atomic E-state index is 0.0803. The molecule has 2 fully saturated rings. The molecule has 0 radical (unpaired) electrons. The highest BCUT2D eigenvalue weighted by molar-refractivity contribution is 6.24. The number of fused-ring (bicyclic) bond motifs is 3. The Morgan fingerprint density at radius 2 is 1.84 bits per heavy atom. The third-order valence-corrected chi connectivity index (χ3v) is 8.64. The molecule has 37 heavy (non-hydrogen) atoms. The van der Waals surface area contributed by atoms with Crippen molar-refractivity contribution < 1.29 is 34.8 Å². The number of phenolic OH excluding ortho intramolecular Hbond substituents is 1. The molecule has 0 saturated heterocycles. The molecule has 0 aliphatic heterocycles. The number of amides is 1. The maximum atomic E-state index is 13.8. The molecule has 0 bridgehead atoms. The second-order valence-electron chi connectivity index (χ2n) is 10.9. The fourth-order valence-corrected chi connectivity index (χ4v) is 6.86. The lowest BCUT2D eigenvalue weighted by molar-refractivity contribution is -0.153. The number of Topliss-reactive ketones (excluding diaryl/α,β-unsaturated/α-hetero) is 2. The highest BCUT2D eigenvalue weighted by Gasteiger charge is 2.64. The molecule has 1 aromatic carbocycles. The molecule has 198 valence electrons. The number of aliphatic hydroxyl groups is 3. The molecule has 10 heteroatoms. The van der Waals surface area contributed by atoms with E-state index in [4.69, 9.17) is 5.73 Å². The summed E-state index contributed by atoms with van der Waals surface area (Å²) in [4.78, 5) is 40.6. The number of nitrogens with one attached hydrogen (secondary N) is 1. The summed E-state index contributed by atoms with van der Waals surface area (Å²) >= 11 is 0. The van der Waals surface area contributed by atoms with Gasteiger partial charge in [-0.05, 0) is 62.9 Å². The van der Waals surface area contributed by atoms with E-state index in [1.165, 1.54) is 23.8 Å². The number of phenols is 1. The van der Waals surface area contributed by atoms with Gasteiger partial charge >= 0.3 is 0 Å². The highest BCUT2D eigenvalue weighted by atomic mass is 16.3. The van der Waals surface area contributed by atoms with E-state index < -0.39 is 58.0 Å². The van der Waals surface area contributed by atoms with Gasteiger partial charge in [0, 0.05) is 24.1 Å². The van der Waals surface area contributed by atoms with Crippen LogP contribution in [0.25, 0.3) is 5.76 Å². The lowest BCUT2D eigenvalue weighted by Gasteiger charge is -2.50. The summed E-state index contributed by atoms with van der Waals surface area (Å²) in [6, 6.07) is 2.58. The first-order chi connectivity index (χ1) is 17.5. The number of aromatic hydroxyl groups is 1. The van der Waals surface area contributed by atoms with E-state index in [0.717, 1.165) is 18.4 Å². The van der Waals surface area contributed by atoms with E-state index in [1.807, 2.05) is 0 Å². The van der Waals surface area contributed by atoms with Crippen LogP contribution in [-0.2, 0) is 27.3 Å². The number of ketones is 2. The van der Waals surface area contributed by atoms with Crippen LogP contribution in [0.1, 0.15) is 48.8 Å². The van der Waals surface area contributed by atoms with Crippen LogP contribution in [0.3, 0.4) is 0 Å². The van der Waals surface area contributed by atoms with Crippen molar-refractivity contribution in [2.75, 3.05) is 14.1 Å². The summed E-state index contributed by atoms with van der Waals surface area (Å²) < 4.78 is 0. The number of carbonyl (C=O) groups is 3. The van der Waals surface area contributed by atoms with Gasteiger partial charge in [0.15, 0.2) is 11.4 Å². The van der Waals surface area contributed by atoms with Crippen LogP contribution < -0.4 is 11.1 Å². The van der Waals surface area contributed by atoms with Crippen molar-refractivity contribution in [3.05, 3.63) is 45.7 Å². The van der Waals surface area contributed by atoms with Crippen molar-refractivity contribution in [1.82, 2.24) is 10.2 Å². The number of aliphatic hydroxyl groups excluding tert-OH is 2. The van der Waals surface area contributed by atoms with Gasteiger partial charge in [-0.15, -0.1) is 0 Å². The zero-order valence-corrected chi connectivity index (χ0v) is 21.0. The van der Waals surface area contributed by atoms with Crippen LogP contribution in [0.15, 0.2) is 29.0 Å². The first kappa shape index (κ1) is 25.4. The van der Waals surface area contributed by atoms with Crippen LogP contribution in [-0.4, -0.2) is 74.6 Å². The average molecular weight is 512 g/mol. The lowest BCUT2D eigenvalue weighted by atomic mass is 9.57. The van der Waals surface area contributed by atoms with Crippen molar-refractivity contribution in [3.8, 4) is 5.75 Å². The number of likely N-dealkylation sites (N-methyl/N-ethyl adjacent to an activating group) is 1. The number of hydrogen-bond acceptors (Lipinski definition) is 9. The van der Waals surface area contributed by atoms with Crippen LogP contribution in [0, 0.1) is 11.8 Å². The van der Waals surface area contributed by atoms with Gasteiger partial charge in [-0.2, -0.15) is 0 Å². The smallest absolute Gasteiger partial charge is 0.255 e. The van der Waals surface area contributed by atoms with Crippen molar-refractivity contribution in [1.29, 1.82) is 0 Å². The Morgan fingerprint density at radius 1 is 1.16 bits per heavy atom. The summed E-state index contributed by atoms with van der Waals surface area (Å²) in [5, 5.41) is 48.1. The molecule has 1 aromatic rings. The Balaban J connectivity index is 1.62. The molecule has 4 aliphatic carbocycles. The largest absolute Gasteiger partial charge is 0.508 e. The van der Waals surface area contributed by atoms with E-state index in [0.29, 0.717) is 24.6 Å². The van der Waals surface area contributed by atoms with E-state index in [1.54, 1.807) is 20.2 Å². The number of primary amides is 1. The molecular weight excluding hydrogens is 478 g/mol. The van der Waals surface area contributed by atoms with Gasteiger partial charge in [0.05, 0.1) is 11.6 Å². The molecule has 7 N–H and O–H groups in total. The normalized spacial score (nSPS) is 30.0. The predicted octanol–water partition coefficient (Wildman–Crippen LogP) is 0.996. The minimum Gasteiger partial charge on any atom is -0.508 e. The minimum atomic E-state index is -2.62. The average Bonchev–Trinajstić information content (AvgIpc) is 3.34. The van der Waals surface area contributed by atoms with Gasteiger partial charge in [0.2, 0.25) is 5.78 Å². The van der Waals surface area contributed by atoms with Crippen LogP contribution >= 0.6 is 0 Å². The molecule has 1 amide bonds. The monoisotopic (exact) mass is 511 g/mol. The second-order valence-corrected chi connectivity index (χ2v) is 10.9. The number of rotatable bonds is 5. The molecular formula is C27H33N3O7. The fraction of sp³-hybridized carbons (Fsp3) is 0.519. The maximum Gasteiger partial charge on any atom is 0.255 e. The van der Waals surface area contributed by atoms with Crippen molar-refractivity contribution in [3.63, 3.8) is 0 Å². The van der Waals surface area contributed by atoms with Crippen molar-refractivity contribution in [2.24, 2.45) is 17.6 Å². The zero-order chi connectivity index (χ0) is 26.8. The summed E-state index contributed by atoms with van der Waals surface area (Å²) in [5.74, 6) is -6.41. The maximum absolute atomic E-state index is 13.8. The van der Waals surface area contributed by atoms with Crippen LogP contribution in [0.4, 0.5) is 0 Å². The molecule has 5 rings (SSSR count). The third-order valence-electron chi connectivity index (χ3n) is 8.64. The van der Waals surface area contributed by atoms with E-state index in [-0.39, 0.29) is 23.3 Å². The predicted molar refractivity (Wildman–Crippen MR) is 133 cm³/mol. The molecule has 0 spiro atoms. The lowest BCUT2D eigenvalue weighted by Crippen LogP contribution is -2.65. The zero-order valence-electron chi connectivity index (χ0n) is 21.0. The SMILES string of the molecule is CN(C)C1C(=O)C(C(N)=O)=C(O)[C@@]2(O)C(=O)C3=C(O)c4c(O)ccc(CNC5CCCC5)c4C[C@@H]3C[C@H]12. The first-order valence-corrected chi connectivity index (χ1v) is 12.7. The number of nitrogens with two attached hydrogens (primary N) is 1. The van der Waals surface area contributed by atoms with Gasteiger partial charge in [0.1, 0.15) is 22.8 Å². The molecule has 2 saturated carbocycles. The molecule has 10 nitrogen and oxygen atoms in total. The first-order valence-electron chi connectivity index (χ1n) is 12.7. The van der Waals surface area contributed by atoms with Gasteiger partial charge < -0.3 is 31.5 Å². The van der Waals surface area contributed by atoms with Gasteiger partial charge in [0.25, 0.3) is 5.91 Å². The Bertz CT molecular complexity index is 1260. The van der Waals surface area contributed by atoms with E-state index in [2.05, 4.69) is 5.32 Å². The van der Waals surface area contributed by atoms with E-state index >= 15 is 0 Å². The molecule has 4 atom stereocenters. The topological polar surface area (TPSA) is 173 Å². The van der Waals surface area contributed by atoms with Crippen molar-refractivity contribution >= 4 is 23.2 Å². The van der Waals surface area contributed by atoms with Crippen molar-refractivity contribution in [2.45, 2.75) is 62.8 Å². The quantitative estimate of drug-likeness (QED) is 0.315.